The standard InChI is InChI=1S/C17H26N2O5/c1-5-24-17(20)19-8-6-18(7-9-19)12-13-10-14(21-2)16(23-4)15(11-13)22-3/h10-11H,5-9,12H2,1-4H3/p+1. The van der Waals surface area contributed by atoms with Crippen LogP contribution in [-0.2, 0) is 11.3 Å². The lowest BCUT2D eigenvalue weighted by Crippen LogP contribution is -3.13. The van der Waals surface area contributed by atoms with Gasteiger partial charge in [0.1, 0.15) is 6.54 Å². The number of nitrogens with zero attached hydrogens (tertiary/aromatic N) is 1. The molecule has 1 aromatic carbocycles. The number of carbonyl (C=O) groups is 1. The fourth-order valence-corrected chi connectivity index (χ4v) is 2.92. The molecule has 1 heterocycles. The zero-order chi connectivity index (χ0) is 17.5. The zero-order valence-corrected chi connectivity index (χ0v) is 14.9. The third-order valence-corrected chi connectivity index (χ3v) is 4.18. The fraction of sp³-hybridized carbons (Fsp3) is 0.588. The fourth-order valence-electron chi connectivity index (χ4n) is 2.92. The number of piperazine rings is 1. The van der Waals surface area contributed by atoms with Gasteiger partial charge in [0.2, 0.25) is 5.75 Å². The predicted molar refractivity (Wildman–Crippen MR) is 89.1 cm³/mol. The van der Waals surface area contributed by atoms with E-state index < -0.39 is 0 Å². The summed E-state index contributed by atoms with van der Waals surface area (Å²) < 4.78 is 21.2. The first-order valence-electron chi connectivity index (χ1n) is 8.17. The number of ether oxygens (including phenoxy) is 4. The van der Waals surface area contributed by atoms with Crippen molar-refractivity contribution < 1.29 is 28.6 Å². The summed E-state index contributed by atoms with van der Waals surface area (Å²) in [6.07, 6.45) is -0.218. The molecule has 1 N–H and O–H groups in total. The maximum absolute atomic E-state index is 11.7. The molecule has 1 aromatic rings. The second kappa shape index (κ2) is 8.63. The van der Waals surface area contributed by atoms with Gasteiger partial charge in [0.15, 0.2) is 11.5 Å². The Morgan fingerprint density at radius 1 is 1.08 bits per heavy atom. The molecular formula is C17H27N2O5+. The lowest BCUT2D eigenvalue weighted by molar-refractivity contribution is -0.917. The molecule has 1 aliphatic rings. The van der Waals surface area contributed by atoms with Crippen LogP contribution in [0.15, 0.2) is 12.1 Å². The molecular weight excluding hydrogens is 312 g/mol. The van der Waals surface area contributed by atoms with Crippen LogP contribution in [0.2, 0.25) is 0 Å². The maximum atomic E-state index is 11.7. The van der Waals surface area contributed by atoms with Gasteiger partial charge >= 0.3 is 6.09 Å². The SMILES string of the molecule is CCOC(=O)N1CC[NH+](Cc2cc(OC)c(OC)c(OC)c2)CC1. The van der Waals surface area contributed by atoms with Gasteiger partial charge in [-0.1, -0.05) is 0 Å². The highest BCUT2D eigenvalue weighted by molar-refractivity contribution is 5.67. The number of hydrogen-bond acceptors (Lipinski definition) is 5. The van der Waals surface area contributed by atoms with E-state index in [9.17, 15) is 4.79 Å². The normalized spacial score (nSPS) is 15.1. The first kappa shape index (κ1) is 18.2. The molecule has 0 radical (unpaired) electrons. The molecule has 0 unspecified atom stereocenters. The van der Waals surface area contributed by atoms with Crippen LogP contribution in [-0.4, -0.2) is 65.1 Å². The van der Waals surface area contributed by atoms with Gasteiger partial charge in [-0.3, -0.25) is 4.90 Å². The van der Waals surface area contributed by atoms with Crippen LogP contribution in [0.25, 0.3) is 0 Å². The number of nitrogens with one attached hydrogen (secondary N) is 1. The Morgan fingerprint density at radius 3 is 2.12 bits per heavy atom. The van der Waals surface area contributed by atoms with E-state index in [2.05, 4.69) is 0 Å². The van der Waals surface area contributed by atoms with Gasteiger partial charge in [0.05, 0.1) is 54.1 Å². The Bertz CT molecular complexity index is 531. The van der Waals surface area contributed by atoms with E-state index in [1.165, 1.54) is 4.90 Å². The number of quaternary nitrogens is 1. The lowest BCUT2D eigenvalue weighted by Gasteiger charge is -2.31. The van der Waals surface area contributed by atoms with E-state index >= 15 is 0 Å². The second-order valence-corrected chi connectivity index (χ2v) is 5.65. The quantitative estimate of drug-likeness (QED) is 0.821. The average Bonchev–Trinajstić information content (AvgIpc) is 2.61. The van der Waals surface area contributed by atoms with Gasteiger partial charge in [-0.05, 0) is 19.1 Å². The van der Waals surface area contributed by atoms with E-state index in [1.807, 2.05) is 19.1 Å². The molecule has 0 aromatic heterocycles. The third-order valence-electron chi connectivity index (χ3n) is 4.18. The molecule has 1 aliphatic heterocycles. The summed E-state index contributed by atoms with van der Waals surface area (Å²) in [4.78, 5) is 14.9. The van der Waals surface area contributed by atoms with Crippen molar-refractivity contribution in [3.63, 3.8) is 0 Å². The van der Waals surface area contributed by atoms with Crippen molar-refractivity contribution in [2.24, 2.45) is 0 Å². The molecule has 0 aliphatic carbocycles. The number of benzene rings is 1. The molecule has 0 atom stereocenters. The summed E-state index contributed by atoms with van der Waals surface area (Å²) in [6.45, 7) is 6.26. The Balaban J connectivity index is 2.01. The molecule has 7 heteroatoms. The van der Waals surface area contributed by atoms with Gasteiger partial charge in [-0.25, -0.2) is 4.79 Å². The van der Waals surface area contributed by atoms with Gasteiger partial charge in [0, 0.05) is 5.56 Å². The van der Waals surface area contributed by atoms with Crippen molar-refractivity contribution in [1.82, 2.24) is 4.90 Å². The average molecular weight is 339 g/mol. The Kier molecular flexibility index (Phi) is 6.54. The Hall–Kier alpha value is -2.15. The van der Waals surface area contributed by atoms with Crippen molar-refractivity contribution in [2.75, 3.05) is 54.1 Å². The van der Waals surface area contributed by atoms with Crippen LogP contribution in [0.5, 0.6) is 17.2 Å². The van der Waals surface area contributed by atoms with Crippen LogP contribution < -0.4 is 19.1 Å². The van der Waals surface area contributed by atoms with Gasteiger partial charge in [-0.2, -0.15) is 0 Å². The minimum atomic E-state index is -0.218. The van der Waals surface area contributed by atoms with E-state index in [4.69, 9.17) is 18.9 Å². The molecule has 24 heavy (non-hydrogen) atoms. The molecule has 7 nitrogen and oxygen atoms in total. The Labute approximate surface area is 143 Å². The molecule has 2 rings (SSSR count). The van der Waals surface area contributed by atoms with Crippen LogP contribution in [0.1, 0.15) is 12.5 Å². The first-order chi connectivity index (χ1) is 11.6. The number of hydrogen-bond donors (Lipinski definition) is 1. The van der Waals surface area contributed by atoms with Gasteiger partial charge in [-0.15, -0.1) is 0 Å². The highest BCUT2D eigenvalue weighted by atomic mass is 16.6. The van der Waals surface area contributed by atoms with Gasteiger partial charge < -0.3 is 23.8 Å². The molecule has 1 amide bonds. The first-order valence-corrected chi connectivity index (χ1v) is 8.17. The van der Waals surface area contributed by atoms with Crippen molar-refractivity contribution >= 4 is 6.09 Å². The van der Waals surface area contributed by atoms with Crippen molar-refractivity contribution in [1.29, 1.82) is 0 Å². The third kappa shape index (κ3) is 4.23. The smallest absolute Gasteiger partial charge is 0.410 e. The molecule has 0 saturated carbocycles. The molecule has 0 bridgehead atoms. The molecule has 0 spiro atoms. The van der Waals surface area contributed by atoms with Gasteiger partial charge in [0.25, 0.3) is 0 Å². The van der Waals surface area contributed by atoms with E-state index in [0.717, 1.165) is 25.2 Å². The van der Waals surface area contributed by atoms with Crippen molar-refractivity contribution in [3.8, 4) is 17.2 Å². The monoisotopic (exact) mass is 339 g/mol. The summed E-state index contributed by atoms with van der Waals surface area (Å²) >= 11 is 0. The number of rotatable bonds is 6. The minimum absolute atomic E-state index is 0.218. The molecule has 1 fully saturated rings. The predicted octanol–water partition coefficient (Wildman–Crippen LogP) is 0.569. The Morgan fingerprint density at radius 2 is 1.67 bits per heavy atom. The maximum Gasteiger partial charge on any atom is 0.410 e. The topological polar surface area (TPSA) is 61.7 Å². The highest BCUT2D eigenvalue weighted by Crippen LogP contribution is 2.37. The molecule has 134 valence electrons. The van der Waals surface area contributed by atoms with Crippen LogP contribution >= 0.6 is 0 Å². The largest absolute Gasteiger partial charge is 0.493 e. The second-order valence-electron chi connectivity index (χ2n) is 5.65. The number of amides is 1. The highest BCUT2D eigenvalue weighted by Gasteiger charge is 2.25. The van der Waals surface area contributed by atoms with Crippen LogP contribution in [0.3, 0.4) is 0 Å². The summed E-state index contributed by atoms with van der Waals surface area (Å²) in [5, 5.41) is 0. The zero-order valence-electron chi connectivity index (χ0n) is 14.9. The lowest BCUT2D eigenvalue weighted by atomic mass is 10.1. The van der Waals surface area contributed by atoms with Crippen LogP contribution in [0.4, 0.5) is 4.79 Å². The summed E-state index contributed by atoms with van der Waals surface area (Å²) in [6, 6.07) is 3.96. The molecule has 1 saturated heterocycles. The summed E-state index contributed by atoms with van der Waals surface area (Å²) in [7, 11) is 4.83. The van der Waals surface area contributed by atoms with Crippen molar-refractivity contribution in [3.05, 3.63) is 17.7 Å². The van der Waals surface area contributed by atoms with E-state index in [0.29, 0.717) is 36.9 Å². The van der Waals surface area contributed by atoms with Crippen LogP contribution in [0, 0.1) is 0 Å². The summed E-state index contributed by atoms with van der Waals surface area (Å²) in [5.74, 6) is 1.93. The minimum Gasteiger partial charge on any atom is -0.493 e. The van der Waals surface area contributed by atoms with Crippen molar-refractivity contribution in [2.45, 2.75) is 13.5 Å². The number of carbonyl (C=O) groups excluding carboxylic acids is 1. The van der Waals surface area contributed by atoms with E-state index in [-0.39, 0.29) is 6.09 Å². The van der Waals surface area contributed by atoms with E-state index in [1.54, 1.807) is 26.2 Å². The number of methoxy groups -OCH3 is 3. The summed E-state index contributed by atoms with van der Waals surface area (Å²) in [5.41, 5.74) is 1.11.